The monoisotopic (exact) mass is 364 g/mol. The Morgan fingerprint density at radius 2 is 2.06 bits per heavy atom. The summed E-state index contributed by atoms with van der Waals surface area (Å²) in [6.07, 6.45) is 1.59. The van der Waals surface area contributed by atoms with E-state index in [0.717, 1.165) is 15.0 Å². The van der Waals surface area contributed by atoms with E-state index in [-0.39, 0.29) is 11.6 Å². The number of carbonyl (C=O) groups is 1. The molecule has 17 heavy (non-hydrogen) atoms. The van der Waals surface area contributed by atoms with E-state index in [2.05, 4.69) is 32.8 Å². The minimum absolute atomic E-state index is 0.219. The van der Waals surface area contributed by atoms with E-state index in [4.69, 9.17) is 11.6 Å². The molecule has 0 amide bonds. The molecule has 0 saturated heterocycles. The van der Waals surface area contributed by atoms with Gasteiger partial charge in [0.15, 0.2) is 5.69 Å². The Morgan fingerprint density at radius 1 is 1.41 bits per heavy atom. The predicted molar refractivity (Wildman–Crippen MR) is 72.4 cm³/mol. The molecule has 0 aliphatic carbocycles. The summed E-state index contributed by atoms with van der Waals surface area (Å²) < 4.78 is 3.82. The molecule has 0 bridgehead atoms. The first-order valence-electron chi connectivity index (χ1n) is 4.87. The summed E-state index contributed by atoms with van der Waals surface area (Å²) in [6.45, 7) is 3.70. The molecule has 0 fully saturated rings. The van der Waals surface area contributed by atoms with Crippen LogP contribution >= 0.6 is 34.2 Å². The van der Waals surface area contributed by atoms with E-state index in [1.807, 2.05) is 13.8 Å². The van der Waals surface area contributed by atoms with Crippen LogP contribution in [0.1, 0.15) is 21.9 Å². The topological polar surface area (TPSA) is 52.7 Å². The van der Waals surface area contributed by atoms with Crippen LogP contribution < -0.4 is 0 Å². The van der Waals surface area contributed by atoms with Gasteiger partial charge in [-0.05, 0) is 36.4 Å². The van der Waals surface area contributed by atoms with Crippen LogP contribution in [0.25, 0.3) is 0 Å². The van der Waals surface area contributed by atoms with Gasteiger partial charge in [0.25, 0.3) is 5.91 Å². The first kappa shape index (κ1) is 12.6. The number of aromatic nitrogens is 4. The van der Waals surface area contributed by atoms with E-state index in [9.17, 15) is 4.79 Å². The molecule has 2 rings (SSSR count). The lowest BCUT2D eigenvalue weighted by molar-refractivity contribution is 0.0936. The maximum atomic E-state index is 12.2. The highest BCUT2D eigenvalue weighted by Crippen LogP contribution is 2.19. The van der Waals surface area contributed by atoms with Crippen LogP contribution in [0.4, 0.5) is 0 Å². The van der Waals surface area contributed by atoms with Crippen LogP contribution in [0.5, 0.6) is 0 Å². The normalized spacial score (nSPS) is 10.9. The number of carbonyl (C=O) groups excluding carboxylic acids is 1. The van der Waals surface area contributed by atoms with E-state index in [1.54, 1.807) is 13.2 Å². The third-order valence-electron chi connectivity index (χ3n) is 2.38. The van der Waals surface area contributed by atoms with Gasteiger partial charge >= 0.3 is 0 Å². The fourth-order valence-electron chi connectivity index (χ4n) is 1.53. The number of halogens is 2. The molecule has 2 aromatic heterocycles. The largest absolute Gasteiger partial charge is 0.300 e. The Bertz CT molecular complexity index is 602. The average molecular weight is 365 g/mol. The van der Waals surface area contributed by atoms with Crippen LogP contribution in [0.2, 0.25) is 5.02 Å². The van der Waals surface area contributed by atoms with Gasteiger partial charge in [0.1, 0.15) is 0 Å². The molecule has 0 spiro atoms. The average Bonchev–Trinajstić information content (AvgIpc) is 2.72. The molecular weight excluding hydrogens is 354 g/mol. The first-order chi connectivity index (χ1) is 7.91. The van der Waals surface area contributed by atoms with Crippen molar-refractivity contribution in [3.63, 3.8) is 0 Å². The fourth-order valence-corrected chi connectivity index (χ4v) is 2.12. The number of aryl methyl sites for hydroxylation is 2. The zero-order valence-electron chi connectivity index (χ0n) is 9.53. The maximum Gasteiger partial charge on any atom is 0.300 e. The third-order valence-corrected chi connectivity index (χ3v) is 4.22. The molecule has 0 radical (unpaired) electrons. The highest BCUT2D eigenvalue weighted by Gasteiger charge is 2.21. The third kappa shape index (κ3) is 2.11. The SMILES string of the molecule is Cc1nn(C(=O)c2nn(C)cc2Cl)c(C)c1I. The number of hydrogen-bond acceptors (Lipinski definition) is 3. The van der Waals surface area contributed by atoms with E-state index in [1.165, 1.54) is 9.36 Å². The van der Waals surface area contributed by atoms with E-state index >= 15 is 0 Å². The Morgan fingerprint density at radius 3 is 2.47 bits per heavy atom. The van der Waals surface area contributed by atoms with Crippen molar-refractivity contribution >= 4 is 40.1 Å². The Hall–Kier alpha value is -0.890. The molecule has 0 saturated carbocycles. The minimum Gasteiger partial charge on any atom is -0.273 e. The van der Waals surface area contributed by atoms with Gasteiger partial charge in [0, 0.05) is 13.2 Å². The zero-order chi connectivity index (χ0) is 12.7. The highest BCUT2D eigenvalue weighted by atomic mass is 127. The molecule has 0 aliphatic rings. The van der Waals surface area contributed by atoms with Gasteiger partial charge in [0.05, 0.1) is 20.0 Å². The Kier molecular flexibility index (Phi) is 3.26. The molecule has 0 aromatic carbocycles. The summed E-state index contributed by atoms with van der Waals surface area (Å²) in [6, 6.07) is 0. The zero-order valence-corrected chi connectivity index (χ0v) is 12.4. The molecule has 7 heteroatoms. The van der Waals surface area contributed by atoms with Gasteiger partial charge in [-0.2, -0.15) is 14.9 Å². The van der Waals surface area contributed by atoms with Gasteiger partial charge in [-0.3, -0.25) is 9.48 Å². The van der Waals surface area contributed by atoms with Crippen LogP contribution in [0.15, 0.2) is 6.20 Å². The van der Waals surface area contributed by atoms with Crippen molar-refractivity contribution < 1.29 is 4.79 Å². The lowest BCUT2D eigenvalue weighted by Crippen LogP contribution is -2.16. The fraction of sp³-hybridized carbons (Fsp3) is 0.300. The Balaban J connectivity index is 2.51. The quantitative estimate of drug-likeness (QED) is 0.729. The second-order valence-electron chi connectivity index (χ2n) is 3.70. The van der Waals surface area contributed by atoms with Crippen molar-refractivity contribution in [1.82, 2.24) is 19.6 Å². The minimum atomic E-state index is -0.306. The van der Waals surface area contributed by atoms with Crippen molar-refractivity contribution in [3.8, 4) is 0 Å². The van der Waals surface area contributed by atoms with Crippen molar-refractivity contribution in [2.75, 3.05) is 0 Å². The molecule has 90 valence electrons. The van der Waals surface area contributed by atoms with Crippen molar-refractivity contribution in [2.45, 2.75) is 13.8 Å². The molecule has 5 nitrogen and oxygen atoms in total. The second kappa shape index (κ2) is 4.41. The van der Waals surface area contributed by atoms with Crippen LogP contribution in [-0.2, 0) is 7.05 Å². The van der Waals surface area contributed by atoms with Crippen molar-refractivity contribution in [3.05, 3.63) is 31.9 Å². The van der Waals surface area contributed by atoms with Gasteiger partial charge < -0.3 is 0 Å². The van der Waals surface area contributed by atoms with Gasteiger partial charge in [0.2, 0.25) is 0 Å². The van der Waals surface area contributed by atoms with Crippen LogP contribution in [0.3, 0.4) is 0 Å². The van der Waals surface area contributed by atoms with E-state index in [0.29, 0.717) is 5.02 Å². The van der Waals surface area contributed by atoms with Crippen molar-refractivity contribution in [1.29, 1.82) is 0 Å². The first-order valence-corrected chi connectivity index (χ1v) is 6.33. The highest BCUT2D eigenvalue weighted by molar-refractivity contribution is 14.1. The van der Waals surface area contributed by atoms with E-state index < -0.39 is 0 Å². The van der Waals surface area contributed by atoms with Gasteiger partial charge in [-0.1, -0.05) is 11.6 Å². The standard InChI is InChI=1S/C10H10ClIN4O/c1-5-8(12)6(2)16(13-5)10(17)9-7(11)4-15(3)14-9/h4H,1-3H3. The molecular formula is C10H10ClIN4O. The summed E-state index contributed by atoms with van der Waals surface area (Å²) in [5.74, 6) is -0.306. The molecule has 2 heterocycles. The maximum absolute atomic E-state index is 12.2. The van der Waals surface area contributed by atoms with Gasteiger partial charge in [-0.15, -0.1) is 0 Å². The molecule has 0 aliphatic heterocycles. The summed E-state index contributed by atoms with van der Waals surface area (Å²) in [7, 11) is 1.72. The van der Waals surface area contributed by atoms with Crippen LogP contribution in [0, 0.1) is 17.4 Å². The summed E-state index contributed by atoms with van der Waals surface area (Å²) in [5.41, 5.74) is 1.84. The second-order valence-corrected chi connectivity index (χ2v) is 5.19. The molecule has 0 N–H and O–H groups in total. The van der Waals surface area contributed by atoms with Gasteiger partial charge in [-0.25, -0.2) is 0 Å². The molecule has 2 aromatic rings. The lowest BCUT2D eigenvalue weighted by atomic mass is 10.4. The molecule has 0 unspecified atom stereocenters. The number of rotatable bonds is 1. The number of nitrogens with zero attached hydrogens (tertiary/aromatic N) is 4. The Labute approximate surface area is 117 Å². The smallest absolute Gasteiger partial charge is 0.273 e. The lowest BCUT2D eigenvalue weighted by Gasteiger charge is -2.00. The summed E-state index contributed by atoms with van der Waals surface area (Å²) in [5, 5.41) is 8.56. The van der Waals surface area contributed by atoms with Crippen molar-refractivity contribution in [2.24, 2.45) is 7.05 Å². The summed E-state index contributed by atoms with van der Waals surface area (Å²) in [4.78, 5) is 12.2. The number of hydrogen-bond donors (Lipinski definition) is 0. The molecule has 0 atom stereocenters. The van der Waals surface area contributed by atoms with Crippen LogP contribution in [-0.4, -0.2) is 25.5 Å². The predicted octanol–water partition coefficient (Wildman–Crippen LogP) is 2.18. The summed E-state index contributed by atoms with van der Waals surface area (Å²) >= 11 is 8.10.